The number of nitrogens with zero attached hydrogens (tertiary/aromatic N) is 1. The third kappa shape index (κ3) is 5.89. The van der Waals surface area contributed by atoms with Gasteiger partial charge in [0.15, 0.2) is 5.83 Å². The van der Waals surface area contributed by atoms with Gasteiger partial charge in [0.05, 0.1) is 19.3 Å². The fourth-order valence-electron chi connectivity index (χ4n) is 2.39. The van der Waals surface area contributed by atoms with Gasteiger partial charge in [0.25, 0.3) is 0 Å². The van der Waals surface area contributed by atoms with Gasteiger partial charge in [-0.05, 0) is 47.6 Å². The molecule has 0 bridgehead atoms. The van der Waals surface area contributed by atoms with Gasteiger partial charge in [0.1, 0.15) is 17.7 Å². The topological polar surface area (TPSA) is 65.1 Å². The van der Waals surface area contributed by atoms with Gasteiger partial charge in [0.2, 0.25) is 0 Å². The first-order chi connectivity index (χ1) is 11.7. The van der Waals surface area contributed by atoms with Crippen LogP contribution in [0.25, 0.3) is 0 Å². The van der Waals surface area contributed by atoms with Crippen LogP contribution in [0.5, 0.6) is 0 Å². The zero-order valence-electron chi connectivity index (χ0n) is 15.9. The lowest BCUT2D eigenvalue weighted by Gasteiger charge is -2.34. The normalized spacial score (nSPS) is 20.9. The number of rotatable bonds is 5. The zero-order chi connectivity index (χ0) is 20.3. The summed E-state index contributed by atoms with van der Waals surface area (Å²) >= 11 is 0. The first-order valence-corrected chi connectivity index (χ1v) is 8.27. The molecule has 1 saturated heterocycles. The van der Waals surface area contributed by atoms with Crippen LogP contribution in [0.4, 0.5) is 18.0 Å². The summed E-state index contributed by atoms with van der Waals surface area (Å²) in [5.41, 5.74) is -1.99. The summed E-state index contributed by atoms with van der Waals surface area (Å²) in [7, 11) is 0. The molecule has 0 radical (unpaired) electrons. The Morgan fingerprint density at radius 1 is 1.31 bits per heavy atom. The monoisotopic (exact) mass is 381 g/mol. The van der Waals surface area contributed by atoms with Crippen molar-refractivity contribution in [2.45, 2.75) is 71.3 Å². The summed E-state index contributed by atoms with van der Waals surface area (Å²) < 4.78 is 57.0. The predicted octanol–water partition coefficient (Wildman–Crippen LogP) is 3.80. The molecule has 26 heavy (non-hydrogen) atoms. The molecule has 1 fully saturated rings. The average molecular weight is 381 g/mol. The van der Waals surface area contributed by atoms with Crippen molar-refractivity contribution in [1.82, 2.24) is 4.90 Å². The molecule has 9 heteroatoms. The van der Waals surface area contributed by atoms with E-state index in [4.69, 9.17) is 9.47 Å². The molecule has 1 amide bonds. The second kappa shape index (κ2) is 7.85. The molecule has 1 heterocycles. The Kier molecular flexibility index (Phi) is 6.73. The van der Waals surface area contributed by atoms with Gasteiger partial charge in [-0.1, -0.05) is 0 Å². The molecule has 1 rings (SSSR count). The van der Waals surface area contributed by atoms with E-state index in [1.807, 2.05) is 0 Å². The summed E-state index contributed by atoms with van der Waals surface area (Å²) in [4.78, 5) is 24.7. The molecule has 6 nitrogen and oxygen atoms in total. The number of carbonyl (C=O) groups is 2. The van der Waals surface area contributed by atoms with Crippen LogP contribution in [0.1, 0.15) is 48.0 Å². The van der Waals surface area contributed by atoms with E-state index in [0.717, 1.165) is 4.90 Å². The molecule has 0 aromatic carbocycles. The molecule has 0 saturated carbocycles. The fraction of sp³-hybridized carbons (Fsp3) is 0.765. The van der Waals surface area contributed by atoms with E-state index in [0.29, 0.717) is 6.08 Å². The predicted molar refractivity (Wildman–Crippen MR) is 87.3 cm³/mol. The van der Waals surface area contributed by atoms with Crippen molar-refractivity contribution in [3.8, 4) is 0 Å². The van der Waals surface area contributed by atoms with Gasteiger partial charge in [-0.2, -0.15) is 8.78 Å². The standard InChI is InChI=1S/C17H26F3NO5/c1-7-24-13(22)9-17(19,20)12(18)8-11-10-25-16(5,6)21(11)14(23)26-15(2,3)4/h8,11H,7,9-10H2,1-6H3/b12-8-/t11-/m1/s1. The van der Waals surface area contributed by atoms with Crippen molar-refractivity contribution in [2.75, 3.05) is 13.2 Å². The zero-order valence-corrected chi connectivity index (χ0v) is 15.9. The third-order valence-electron chi connectivity index (χ3n) is 3.47. The number of allylic oxidation sites excluding steroid dienone is 1. The van der Waals surface area contributed by atoms with Crippen LogP contribution in [-0.2, 0) is 19.0 Å². The minimum Gasteiger partial charge on any atom is -0.466 e. The van der Waals surface area contributed by atoms with Gasteiger partial charge < -0.3 is 14.2 Å². The largest absolute Gasteiger partial charge is 0.466 e. The maximum absolute atomic E-state index is 14.1. The van der Waals surface area contributed by atoms with E-state index in [2.05, 4.69) is 4.74 Å². The number of alkyl halides is 2. The SMILES string of the molecule is CCOC(=O)CC(F)(F)/C(F)=C/[C@@H]1COC(C)(C)N1C(=O)OC(C)(C)C. The highest BCUT2D eigenvalue weighted by Crippen LogP contribution is 2.34. The Bertz CT molecular complexity index is 569. The highest BCUT2D eigenvalue weighted by Gasteiger charge is 2.47. The maximum atomic E-state index is 14.1. The summed E-state index contributed by atoms with van der Waals surface area (Å²) in [6.07, 6.45) is -1.66. The van der Waals surface area contributed by atoms with Crippen LogP contribution in [-0.4, -0.2) is 53.5 Å². The minimum absolute atomic E-state index is 0.0860. The van der Waals surface area contributed by atoms with Gasteiger partial charge in [-0.25, -0.2) is 9.18 Å². The molecule has 150 valence electrons. The molecular weight excluding hydrogens is 355 g/mol. The molecule has 1 aliphatic heterocycles. The van der Waals surface area contributed by atoms with Crippen LogP contribution in [0.3, 0.4) is 0 Å². The van der Waals surface area contributed by atoms with Crippen molar-refractivity contribution >= 4 is 12.1 Å². The Morgan fingerprint density at radius 3 is 2.38 bits per heavy atom. The first kappa shape index (κ1) is 22.3. The summed E-state index contributed by atoms with van der Waals surface area (Å²) in [5, 5.41) is 0. The van der Waals surface area contributed by atoms with Gasteiger partial charge >= 0.3 is 18.0 Å². The Morgan fingerprint density at radius 2 is 1.88 bits per heavy atom. The fourth-order valence-corrected chi connectivity index (χ4v) is 2.39. The smallest absolute Gasteiger partial charge is 0.413 e. The van der Waals surface area contributed by atoms with E-state index in [9.17, 15) is 22.8 Å². The molecule has 0 spiro atoms. The molecular formula is C17H26F3NO5. The summed E-state index contributed by atoms with van der Waals surface area (Å²) in [6, 6.07) is -1.10. The van der Waals surface area contributed by atoms with Crippen molar-refractivity contribution in [3.63, 3.8) is 0 Å². The highest BCUT2D eigenvalue weighted by molar-refractivity contribution is 5.71. The molecule has 0 unspecified atom stereocenters. The molecule has 1 aliphatic rings. The van der Waals surface area contributed by atoms with Crippen molar-refractivity contribution < 1.29 is 37.0 Å². The van der Waals surface area contributed by atoms with E-state index >= 15 is 0 Å². The molecule has 0 aliphatic carbocycles. The number of hydrogen-bond donors (Lipinski definition) is 0. The summed E-state index contributed by atoms with van der Waals surface area (Å²) in [5.74, 6) is -7.09. The Labute approximate surface area is 151 Å². The molecule has 0 aromatic rings. The number of ether oxygens (including phenoxy) is 3. The minimum atomic E-state index is -4.04. The van der Waals surface area contributed by atoms with E-state index in [1.165, 1.54) is 6.92 Å². The Hall–Kier alpha value is -1.77. The number of amides is 1. The number of carbonyl (C=O) groups excluding carboxylic acids is 2. The molecule has 0 N–H and O–H groups in total. The van der Waals surface area contributed by atoms with Crippen LogP contribution < -0.4 is 0 Å². The average Bonchev–Trinajstić information content (AvgIpc) is 2.71. The summed E-state index contributed by atoms with van der Waals surface area (Å²) in [6.45, 7) is 9.21. The lowest BCUT2D eigenvalue weighted by Crippen LogP contribution is -2.49. The lowest BCUT2D eigenvalue weighted by molar-refractivity contribution is -0.149. The van der Waals surface area contributed by atoms with Crippen LogP contribution in [0, 0.1) is 0 Å². The quantitative estimate of drug-likeness (QED) is 0.678. The third-order valence-corrected chi connectivity index (χ3v) is 3.47. The van der Waals surface area contributed by atoms with E-state index < -0.39 is 47.6 Å². The molecule has 0 aromatic heterocycles. The molecule has 1 atom stereocenters. The van der Waals surface area contributed by atoms with Crippen LogP contribution in [0.15, 0.2) is 11.9 Å². The maximum Gasteiger partial charge on any atom is 0.413 e. The first-order valence-electron chi connectivity index (χ1n) is 8.27. The van der Waals surface area contributed by atoms with Gasteiger partial charge in [-0.3, -0.25) is 9.69 Å². The highest BCUT2D eigenvalue weighted by atomic mass is 19.3. The second-order valence-corrected chi connectivity index (χ2v) is 7.38. The van der Waals surface area contributed by atoms with Crippen LogP contribution >= 0.6 is 0 Å². The van der Waals surface area contributed by atoms with Gasteiger partial charge in [0, 0.05) is 0 Å². The second-order valence-electron chi connectivity index (χ2n) is 7.38. The van der Waals surface area contributed by atoms with Crippen molar-refractivity contribution in [1.29, 1.82) is 0 Å². The Balaban J connectivity index is 3.02. The van der Waals surface area contributed by atoms with Gasteiger partial charge in [-0.15, -0.1) is 0 Å². The number of halogens is 3. The van der Waals surface area contributed by atoms with Crippen molar-refractivity contribution in [2.24, 2.45) is 0 Å². The van der Waals surface area contributed by atoms with Crippen molar-refractivity contribution in [3.05, 3.63) is 11.9 Å². The lowest BCUT2D eigenvalue weighted by atomic mass is 10.1. The van der Waals surface area contributed by atoms with Crippen LogP contribution in [0.2, 0.25) is 0 Å². The number of hydrogen-bond acceptors (Lipinski definition) is 5. The van der Waals surface area contributed by atoms with E-state index in [-0.39, 0.29) is 13.2 Å². The number of esters is 1. The van der Waals surface area contributed by atoms with E-state index in [1.54, 1.807) is 34.6 Å².